The highest BCUT2D eigenvalue weighted by molar-refractivity contribution is 5.07. The Hall–Kier alpha value is -0.940. The Kier molecular flexibility index (Phi) is 4.58. The van der Waals surface area contributed by atoms with Crippen molar-refractivity contribution in [1.82, 2.24) is 19.9 Å². The van der Waals surface area contributed by atoms with Crippen molar-refractivity contribution in [3.05, 3.63) is 11.9 Å². The van der Waals surface area contributed by atoms with Crippen molar-refractivity contribution in [2.75, 3.05) is 13.1 Å². The molecule has 0 spiro atoms. The molecular weight excluding hydrogens is 238 g/mol. The summed E-state index contributed by atoms with van der Waals surface area (Å²) in [6.07, 6.45) is 7.83. The van der Waals surface area contributed by atoms with E-state index in [1.165, 1.54) is 25.7 Å². The summed E-state index contributed by atoms with van der Waals surface area (Å²) in [5.74, 6) is 0. The number of nitrogens with two attached hydrogens (primary N) is 1. The van der Waals surface area contributed by atoms with E-state index < -0.39 is 0 Å². The summed E-state index contributed by atoms with van der Waals surface area (Å²) in [7, 11) is 1.90. The normalized spacial score (nSPS) is 20.1. The van der Waals surface area contributed by atoms with Crippen molar-refractivity contribution in [2.45, 2.75) is 57.5 Å². The topological polar surface area (TPSA) is 60.0 Å². The SMILES string of the molecule is CCN(CC)C1(C(N)Cc2cn(C)nn2)CCCC1. The standard InChI is InChI=1S/C14H27N5/c1-4-19(5-2)14(8-6-7-9-14)13(15)10-12-11-18(3)17-16-12/h11,13H,4-10,15H2,1-3H3. The lowest BCUT2D eigenvalue weighted by molar-refractivity contribution is 0.0768. The fourth-order valence-corrected chi connectivity index (χ4v) is 3.67. The van der Waals surface area contributed by atoms with Crippen LogP contribution in [0.15, 0.2) is 6.20 Å². The summed E-state index contributed by atoms with van der Waals surface area (Å²) in [6, 6.07) is 0.145. The minimum absolute atomic E-state index is 0.145. The van der Waals surface area contributed by atoms with Crippen LogP contribution >= 0.6 is 0 Å². The van der Waals surface area contributed by atoms with E-state index in [4.69, 9.17) is 5.73 Å². The van der Waals surface area contributed by atoms with Gasteiger partial charge in [0.15, 0.2) is 0 Å². The minimum atomic E-state index is 0.145. The third kappa shape index (κ3) is 2.82. The number of hydrogen-bond acceptors (Lipinski definition) is 4. The second-order valence-corrected chi connectivity index (χ2v) is 5.68. The van der Waals surface area contributed by atoms with E-state index in [2.05, 4.69) is 29.1 Å². The van der Waals surface area contributed by atoms with Crippen LogP contribution in [0.4, 0.5) is 0 Å². The van der Waals surface area contributed by atoms with Crippen LogP contribution in [0.3, 0.4) is 0 Å². The first-order valence-corrected chi connectivity index (χ1v) is 7.48. The molecular formula is C14H27N5. The zero-order chi connectivity index (χ0) is 13.9. The van der Waals surface area contributed by atoms with Crippen molar-refractivity contribution in [3.63, 3.8) is 0 Å². The molecule has 1 aromatic rings. The monoisotopic (exact) mass is 265 g/mol. The molecule has 1 saturated carbocycles. The average Bonchev–Trinajstić information content (AvgIpc) is 3.01. The zero-order valence-corrected chi connectivity index (χ0v) is 12.5. The van der Waals surface area contributed by atoms with Crippen LogP contribution in [-0.4, -0.2) is 44.6 Å². The first kappa shape index (κ1) is 14.5. The molecule has 0 amide bonds. The summed E-state index contributed by atoms with van der Waals surface area (Å²) >= 11 is 0. The lowest BCUT2D eigenvalue weighted by Gasteiger charge is -2.44. The maximum absolute atomic E-state index is 6.59. The number of hydrogen-bond donors (Lipinski definition) is 1. The summed E-state index contributed by atoms with van der Waals surface area (Å²) in [4.78, 5) is 2.56. The Morgan fingerprint density at radius 3 is 2.47 bits per heavy atom. The molecule has 0 aromatic carbocycles. The zero-order valence-electron chi connectivity index (χ0n) is 12.5. The van der Waals surface area contributed by atoms with E-state index in [0.29, 0.717) is 0 Å². The molecule has 1 aromatic heterocycles. The molecule has 1 aliphatic carbocycles. The molecule has 0 aliphatic heterocycles. The quantitative estimate of drug-likeness (QED) is 0.843. The Morgan fingerprint density at radius 1 is 1.37 bits per heavy atom. The maximum atomic E-state index is 6.59. The lowest BCUT2D eigenvalue weighted by Crippen LogP contribution is -2.59. The smallest absolute Gasteiger partial charge is 0.0843 e. The second-order valence-electron chi connectivity index (χ2n) is 5.68. The summed E-state index contributed by atoms with van der Waals surface area (Å²) in [6.45, 7) is 6.62. The van der Waals surface area contributed by atoms with E-state index in [0.717, 1.165) is 25.2 Å². The minimum Gasteiger partial charge on any atom is -0.326 e. The predicted molar refractivity (Wildman–Crippen MR) is 76.8 cm³/mol. The van der Waals surface area contributed by atoms with Gasteiger partial charge in [0.05, 0.1) is 5.69 Å². The third-order valence-corrected chi connectivity index (χ3v) is 4.63. The van der Waals surface area contributed by atoms with Gasteiger partial charge in [-0.15, -0.1) is 5.10 Å². The number of aromatic nitrogens is 3. The van der Waals surface area contributed by atoms with Crippen molar-refractivity contribution in [3.8, 4) is 0 Å². The van der Waals surface area contributed by atoms with Crippen LogP contribution in [0.25, 0.3) is 0 Å². The highest BCUT2D eigenvalue weighted by Crippen LogP contribution is 2.38. The molecule has 2 rings (SSSR count). The number of rotatable bonds is 6. The van der Waals surface area contributed by atoms with Crippen LogP contribution in [0.5, 0.6) is 0 Å². The number of aryl methyl sites for hydroxylation is 1. The van der Waals surface area contributed by atoms with E-state index in [-0.39, 0.29) is 11.6 Å². The molecule has 1 unspecified atom stereocenters. The Labute approximate surface area is 116 Å². The van der Waals surface area contributed by atoms with Gasteiger partial charge in [-0.05, 0) is 25.9 Å². The van der Waals surface area contributed by atoms with E-state index in [1.807, 2.05) is 13.2 Å². The van der Waals surface area contributed by atoms with Gasteiger partial charge in [-0.3, -0.25) is 9.58 Å². The molecule has 2 N–H and O–H groups in total. The molecule has 5 nitrogen and oxygen atoms in total. The van der Waals surface area contributed by atoms with Gasteiger partial charge < -0.3 is 5.73 Å². The highest BCUT2D eigenvalue weighted by Gasteiger charge is 2.43. The summed E-state index contributed by atoms with van der Waals surface area (Å²) < 4.78 is 1.75. The average molecular weight is 265 g/mol. The molecule has 0 bridgehead atoms. The van der Waals surface area contributed by atoms with E-state index >= 15 is 0 Å². The molecule has 108 valence electrons. The molecule has 0 saturated heterocycles. The molecule has 1 fully saturated rings. The van der Waals surface area contributed by atoms with Crippen LogP contribution < -0.4 is 5.73 Å². The Balaban J connectivity index is 2.14. The Morgan fingerprint density at radius 2 is 2.00 bits per heavy atom. The van der Waals surface area contributed by atoms with Gasteiger partial charge in [-0.1, -0.05) is 31.9 Å². The second kappa shape index (κ2) is 6.01. The highest BCUT2D eigenvalue weighted by atomic mass is 15.4. The van der Waals surface area contributed by atoms with Crippen LogP contribution in [-0.2, 0) is 13.5 Å². The van der Waals surface area contributed by atoms with Crippen molar-refractivity contribution >= 4 is 0 Å². The summed E-state index contributed by atoms with van der Waals surface area (Å²) in [5.41, 5.74) is 7.76. The van der Waals surface area contributed by atoms with Crippen LogP contribution in [0.1, 0.15) is 45.2 Å². The lowest BCUT2D eigenvalue weighted by atomic mass is 9.84. The third-order valence-electron chi connectivity index (χ3n) is 4.63. The molecule has 1 atom stereocenters. The van der Waals surface area contributed by atoms with Gasteiger partial charge >= 0.3 is 0 Å². The molecule has 1 aliphatic rings. The van der Waals surface area contributed by atoms with E-state index in [9.17, 15) is 0 Å². The molecule has 0 radical (unpaired) electrons. The maximum Gasteiger partial charge on any atom is 0.0843 e. The van der Waals surface area contributed by atoms with Crippen molar-refractivity contribution < 1.29 is 0 Å². The van der Waals surface area contributed by atoms with Gasteiger partial charge in [0.2, 0.25) is 0 Å². The Bertz CT molecular complexity index is 390. The molecule has 1 heterocycles. The predicted octanol–water partition coefficient (Wildman–Crippen LogP) is 1.34. The fourth-order valence-electron chi connectivity index (χ4n) is 3.67. The molecule has 19 heavy (non-hydrogen) atoms. The summed E-state index contributed by atoms with van der Waals surface area (Å²) in [5, 5.41) is 8.19. The van der Waals surface area contributed by atoms with Crippen molar-refractivity contribution in [2.24, 2.45) is 12.8 Å². The van der Waals surface area contributed by atoms with Gasteiger partial charge in [0.1, 0.15) is 0 Å². The first-order chi connectivity index (χ1) is 9.12. The van der Waals surface area contributed by atoms with Crippen LogP contribution in [0.2, 0.25) is 0 Å². The number of likely N-dealkylation sites (N-methyl/N-ethyl adjacent to an activating group) is 1. The van der Waals surface area contributed by atoms with Gasteiger partial charge in [-0.2, -0.15) is 0 Å². The fraction of sp³-hybridized carbons (Fsp3) is 0.857. The van der Waals surface area contributed by atoms with Gasteiger partial charge in [0, 0.05) is 31.2 Å². The van der Waals surface area contributed by atoms with Gasteiger partial charge in [-0.25, -0.2) is 0 Å². The first-order valence-electron chi connectivity index (χ1n) is 7.48. The van der Waals surface area contributed by atoms with E-state index in [1.54, 1.807) is 4.68 Å². The van der Waals surface area contributed by atoms with Crippen LogP contribution in [0, 0.1) is 0 Å². The van der Waals surface area contributed by atoms with Crippen molar-refractivity contribution in [1.29, 1.82) is 0 Å². The molecule has 5 heteroatoms. The van der Waals surface area contributed by atoms with Gasteiger partial charge in [0.25, 0.3) is 0 Å². The largest absolute Gasteiger partial charge is 0.326 e. The number of nitrogens with zero attached hydrogens (tertiary/aromatic N) is 4.